The Morgan fingerprint density at radius 3 is 2.85 bits per heavy atom. The maximum absolute atomic E-state index is 10.8. The zero-order valence-electron chi connectivity index (χ0n) is 7.31. The topological polar surface area (TPSA) is 17.1 Å². The number of carbonyl (C=O) groups excluding carboxylic acids is 1. The van der Waals surface area contributed by atoms with Crippen molar-refractivity contribution >= 4 is 33.3 Å². The van der Waals surface area contributed by atoms with E-state index >= 15 is 0 Å². The molecule has 1 aromatic carbocycles. The van der Waals surface area contributed by atoms with Crippen molar-refractivity contribution in [2.24, 2.45) is 0 Å². The van der Waals surface area contributed by atoms with Crippen LogP contribution < -0.4 is 0 Å². The van der Waals surface area contributed by atoms with Crippen molar-refractivity contribution in [3.63, 3.8) is 0 Å². The molecule has 0 heterocycles. The van der Waals surface area contributed by atoms with Crippen LogP contribution in [0.4, 0.5) is 0 Å². The minimum Gasteiger partial charge on any atom is -0.300 e. The summed E-state index contributed by atoms with van der Waals surface area (Å²) in [5.41, 5.74) is 1.09. The van der Waals surface area contributed by atoms with Crippen LogP contribution >= 0.6 is 27.5 Å². The van der Waals surface area contributed by atoms with Crippen molar-refractivity contribution in [2.45, 2.75) is 19.8 Å². The average molecular weight is 262 g/mol. The highest BCUT2D eigenvalue weighted by molar-refractivity contribution is 9.10. The van der Waals surface area contributed by atoms with Gasteiger partial charge in [0.2, 0.25) is 0 Å². The van der Waals surface area contributed by atoms with Crippen LogP contribution in [0, 0.1) is 0 Å². The number of hydrogen-bond acceptors (Lipinski definition) is 1. The zero-order valence-corrected chi connectivity index (χ0v) is 9.65. The molecule has 1 nitrogen and oxygen atoms in total. The molecule has 0 aliphatic carbocycles. The molecule has 0 atom stereocenters. The van der Waals surface area contributed by atoms with E-state index in [9.17, 15) is 4.79 Å². The van der Waals surface area contributed by atoms with Crippen molar-refractivity contribution in [3.8, 4) is 0 Å². The lowest BCUT2D eigenvalue weighted by molar-refractivity contribution is -0.116. The third-order valence-corrected chi connectivity index (χ3v) is 2.76. The van der Waals surface area contributed by atoms with E-state index in [0.717, 1.165) is 16.5 Å². The normalized spacial score (nSPS) is 10.1. The molecule has 0 radical (unpaired) electrons. The number of hydrogen-bond donors (Lipinski definition) is 0. The van der Waals surface area contributed by atoms with Gasteiger partial charge >= 0.3 is 0 Å². The number of rotatable bonds is 3. The van der Waals surface area contributed by atoms with Gasteiger partial charge < -0.3 is 4.79 Å². The molecule has 13 heavy (non-hydrogen) atoms. The lowest BCUT2D eigenvalue weighted by Crippen LogP contribution is -1.94. The first kappa shape index (κ1) is 10.7. The molecule has 0 N–H and O–H groups in total. The van der Waals surface area contributed by atoms with Gasteiger partial charge in [0, 0.05) is 15.9 Å². The van der Waals surface area contributed by atoms with Crippen molar-refractivity contribution in [1.82, 2.24) is 0 Å². The molecule has 70 valence electrons. The monoisotopic (exact) mass is 260 g/mol. The van der Waals surface area contributed by atoms with Crippen molar-refractivity contribution in [3.05, 3.63) is 33.3 Å². The van der Waals surface area contributed by atoms with Crippen LogP contribution in [0.3, 0.4) is 0 Å². The molecule has 1 rings (SSSR count). The fourth-order valence-corrected chi connectivity index (χ4v) is 1.69. The Morgan fingerprint density at radius 2 is 2.23 bits per heavy atom. The van der Waals surface area contributed by atoms with Crippen LogP contribution in [-0.2, 0) is 11.2 Å². The molecule has 0 unspecified atom stereocenters. The number of halogens is 2. The first-order valence-corrected chi connectivity index (χ1v) is 5.20. The largest absolute Gasteiger partial charge is 0.300 e. The minimum absolute atomic E-state index is 0.201. The van der Waals surface area contributed by atoms with Crippen molar-refractivity contribution in [2.75, 3.05) is 0 Å². The van der Waals surface area contributed by atoms with Gasteiger partial charge in [-0.3, -0.25) is 0 Å². The summed E-state index contributed by atoms with van der Waals surface area (Å²) in [6.45, 7) is 1.60. The predicted octanol–water partition coefficient (Wildman–Crippen LogP) is 3.62. The van der Waals surface area contributed by atoms with Crippen LogP contribution in [0.2, 0.25) is 5.02 Å². The van der Waals surface area contributed by atoms with Gasteiger partial charge in [0.25, 0.3) is 0 Å². The van der Waals surface area contributed by atoms with Gasteiger partial charge in [0.05, 0.1) is 0 Å². The summed E-state index contributed by atoms with van der Waals surface area (Å²) in [6, 6.07) is 5.61. The Balaban J connectivity index is 2.75. The molecule has 0 aromatic heterocycles. The van der Waals surface area contributed by atoms with Gasteiger partial charge in [-0.2, -0.15) is 0 Å². The summed E-state index contributed by atoms with van der Waals surface area (Å²) in [4.78, 5) is 10.8. The van der Waals surface area contributed by atoms with Crippen molar-refractivity contribution < 1.29 is 4.79 Å². The number of aryl methyl sites for hydroxylation is 1. The summed E-state index contributed by atoms with van der Waals surface area (Å²) in [5.74, 6) is 0.201. The molecule has 0 aliphatic heterocycles. The highest BCUT2D eigenvalue weighted by atomic mass is 79.9. The third kappa shape index (κ3) is 3.49. The second-order valence-electron chi connectivity index (χ2n) is 2.94. The van der Waals surface area contributed by atoms with Gasteiger partial charge in [-0.1, -0.05) is 27.5 Å². The van der Waals surface area contributed by atoms with E-state index < -0.39 is 0 Å². The van der Waals surface area contributed by atoms with Crippen molar-refractivity contribution in [1.29, 1.82) is 0 Å². The van der Waals surface area contributed by atoms with E-state index in [0.29, 0.717) is 11.4 Å². The first-order chi connectivity index (χ1) is 6.09. The predicted molar refractivity (Wildman–Crippen MR) is 58.2 cm³/mol. The van der Waals surface area contributed by atoms with Gasteiger partial charge in [0.15, 0.2) is 0 Å². The van der Waals surface area contributed by atoms with E-state index in [1.54, 1.807) is 6.92 Å². The van der Waals surface area contributed by atoms with E-state index in [2.05, 4.69) is 15.9 Å². The Hall–Kier alpha value is -0.340. The van der Waals surface area contributed by atoms with Crippen LogP contribution in [-0.4, -0.2) is 5.78 Å². The fourth-order valence-electron chi connectivity index (χ4n) is 1.05. The molecule has 0 saturated carbocycles. The standard InChI is InChI=1S/C10H10BrClO/c1-7(13)2-3-8-6-9(12)4-5-10(8)11/h4-6H,2-3H2,1H3. The Labute approximate surface area is 91.2 Å². The molecule has 0 aliphatic rings. The summed E-state index contributed by atoms with van der Waals surface area (Å²) in [7, 11) is 0. The Kier molecular flexibility index (Phi) is 3.94. The average Bonchev–Trinajstić information content (AvgIpc) is 2.06. The summed E-state index contributed by atoms with van der Waals surface area (Å²) >= 11 is 9.24. The summed E-state index contributed by atoms with van der Waals surface area (Å²) < 4.78 is 1.01. The molecule has 3 heteroatoms. The SMILES string of the molecule is CC(=O)CCc1cc(Cl)ccc1Br. The fraction of sp³-hybridized carbons (Fsp3) is 0.300. The number of benzene rings is 1. The molecule has 0 bridgehead atoms. The highest BCUT2D eigenvalue weighted by Gasteiger charge is 2.02. The van der Waals surface area contributed by atoms with Gasteiger partial charge in [-0.25, -0.2) is 0 Å². The molecule has 1 aromatic rings. The minimum atomic E-state index is 0.201. The second-order valence-corrected chi connectivity index (χ2v) is 4.23. The highest BCUT2D eigenvalue weighted by Crippen LogP contribution is 2.22. The van der Waals surface area contributed by atoms with Gasteiger partial charge in [0.1, 0.15) is 5.78 Å². The number of ketones is 1. The van der Waals surface area contributed by atoms with Crippen LogP contribution in [0.1, 0.15) is 18.9 Å². The Morgan fingerprint density at radius 1 is 1.54 bits per heavy atom. The van der Waals surface area contributed by atoms with Crippen LogP contribution in [0.15, 0.2) is 22.7 Å². The van der Waals surface area contributed by atoms with Gasteiger partial charge in [-0.15, -0.1) is 0 Å². The third-order valence-electron chi connectivity index (χ3n) is 1.75. The first-order valence-electron chi connectivity index (χ1n) is 4.03. The molecule has 0 spiro atoms. The molecule has 0 saturated heterocycles. The lowest BCUT2D eigenvalue weighted by Gasteiger charge is -2.02. The second kappa shape index (κ2) is 4.77. The molecular weight excluding hydrogens is 251 g/mol. The van der Waals surface area contributed by atoms with E-state index in [-0.39, 0.29) is 5.78 Å². The number of Topliss-reactive ketones (excluding diaryl/α,β-unsaturated/α-hetero) is 1. The zero-order chi connectivity index (χ0) is 9.84. The molecular formula is C10H10BrClO. The van der Waals surface area contributed by atoms with E-state index in [4.69, 9.17) is 11.6 Å². The van der Waals surface area contributed by atoms with E-state index in [1.165, 1.54) is 0 Å². The van der Waals surface area contributed by atoms with Gasteiger partial charge in [-0.05, 0) is 37.1 Å². The molecule has 0 fully saturated rings. The lowest BCUT2D eigenvalue weighted by atomic mass is 10.1. The quantitative estimate of drug-likeness (QED) is 0.812. The van der Waals surface area contributed by atoms with E-state index in [1.807, 2.05) is 18.2 Å². The summed E-state index contributed by atoms with van der Waals surface area (Å²) in [6.07, 6.45) is 1.31. The smallest absolute Gasteiger partial charge is 0.130 e. The van der Waals surface area contributed by atoms with Crippen LogP contribution in [0.25, 0.3) is 0 Å². The molecule has 0 amide bonds. The maximum Gasteiger partial charge on any atom is 0.130 e. The summed E-state index contributed by atoms with van der Waals surface area (Å²) in [5, 5.41) is 0.710. The Bertz CT molecular complexity index is 323. The maximum atomic E-state index is 10.8. The van der Waals surface area contributed by atoms with Crippen LogP contribution in [0.5, 0.6) is 0 Å². The number of carbonyl (C=O) groups is 1.